The van der Waals surface area contributed by atoms with Crippen molar-refractivity contribution in [3.05, 3.63) is 29.6 Å². The minimum atomic E-state index is -0.510. The molecule has 4 nitrogen and oxygen atoms in total. The molecule has 1 unspecified atom stereocenters. The van der Waals surface area contributed by atoms with Crippen molar-refractivity contribution in [2.75, 3.05) is 5.32 Å². The van der Waals surface area contributed by atoms with E-state index >= 15 is 0 Å². The van der Waals surface area contributed by atoms with Crippen molar-refractivity contribution in [3.63, 3.8) is 0 Å². The Kier molecular flexibility index (Phi) is 5.23. The second kappa shape index (κ2) is 6.49. The smallest absolute Gasteiger partial charge is 0.225 e. The number of hydrogen-bond acceptors (Lipinski definition) is 3. The zero-order chi connectivity index (χ0) is 15.3. The SMILES string of the molecule is CC(C)(C)CC(N)CC(=O)Nc1ccc(F)cc1C#N. The van der Waals surface area contributed by atoms with E-state index in [0.29, 0.717) is 5.69 Å². The number of amides is 1. The number of rotatable bonds is 4. The van der Waals surface area contributed by atoms with Gasteiger partial charge in [-0.2, -0.15) is 5.26 Å². The summed E-state index contributed by atoms with van der Waals surface area (Å²) in [6.07, 6.45) is 0.883. The van der Waals surface area contributed by atoms with Gasteiger partial charge < -0.3 is 11.1 Å². The lowest BCUT2D eigenvalue weighted by atomic mass is 9.87. The molecule has 0 saturated carbocycles. The molecule has 3 N–H and O–H groups in total. The molecule has 1 atom stereocenters. The molecule has 0 aliphatic heterocycles. The molecule has 0 saturated heterocycles. The fraction of sp³-hybridized carbons (Fsp3) is 0.467. The van der Waals surface area contributed by atoms with Crippen LogP contribution in [0.4, 0.5) is 10.1 Å². The molecule has 0 aliphatic carbocycles. The van der Waals surface area contributed by atoms with Gasteiger partial charge in [0, 0.05) is 12.5 Å². The van der Waals surface area contributed by atoms with Crippen molar-refractivity contribution in [2.24, 2.45) is 11.1 Å². The first-order valence-corrected chi connectivity index (χ1v) is 6.46. The van der Waals surface area contributed by atoms with Gasteiger partial charge in [-0.05, 0) is 30.0 Å². The van der Waals surface area contributed by atoms with Crippen LogP contribution >= 0.6 is 0 Å². The second-order valence-corrected chi connectivity index (χ2v) is 6.08. The van der Waals surface area contributed by atoms with E-state index in [9.17, 15) is 9.18 Å². The van der Waals surface area contributed by atoms with Gasteiger partial charge in [-0.3, -0.25) is 4.79 Å². The van der Waals surface area contributed by atoms with E-state index in [1.807, 2.05) is 6.07 Å². The van der Waals surface area contributed by atoms with Crippen molar-refractivity contribution >= 4 is 11.6 Å². The Morgan fingerprint density at radius 1 is 1.50 bits per heavy atom. The van der Waals surface area contributed by atoms with Crippen molar-refractivity contribution in [3.8, 4) is 6.07 Å². The van der Waals surface area contributed by atoms with Crippen molar-refractivity contribution in [1.82, 2.24) is 0 Å². The van der Waals surface area contributed by atoms with Crippen LogP contribution in [-0.2, 0) is 4.79 Å². The first-order valence-electron chi connectivity index (χ1n) is 6.46. The summed E-state index contributed by atoms with van der Waals surface area (Å²) in [5, 5.41) is 11.5. The number of nitrogens with zero attached hydrogens (tertiary/aromatic N) is 1. The monoisotopic (exact) mass is 277 g/mol. The van der Waals surface area contributed by atoms with Crippen LogP contribution in [0.25, 0.3) is 0 Å². The summed E-state index contributed by atoms with van der Waals surface area (Å²) in [5.74, 6) is -0.783. The minimum Gasteiger partial charge on any atom is -0.327 e. The Morgan fingerprint density at radius 3 is 2.70 bits per heavy atom. The zero-order valence-corrected chi connectivity index (χ0v) is 12.0. The van der Waals surface area contributed by atoms with Gasteiger partial charge in [-0.25, -0.2) is 4.39 Å². The van der Waals surface area contributed by atoms with Gasteiger partial charge in [0.15, 0.2) is 0 Å². The Bertz CT molecular complexity index is 529. The predicted octanol–water partition coefficient (Wildman–Crippen LogP) is 2.79. The Morgan fingerprint density at radius 2 is 2.15 bits per heavy atom. The molecule has 1 aromatic rings. The molecule has 5 heteroatoms. The van der Waals surface area contributed by atoms with Crippen LogP contribution in [0.2, 0.25) is 0 Å². The third-order valence-electron chi connectivity index (χ3n) is 2.70. The number of halogens is 1. The third kappa shape index (κ3) is 5.37. The fourth-order valence-electron chi connectivity index (χ4n) is 2.02. The Balaban J connectivity index is 2.66. The van der Waals surface area contributed by atoms with Gasteiger partial charge in [-0.15, -0.1) is 0 Å². The summed E-state index contributed by atoms with van der Waals surface area (Å²) < 4.78 is 13.0. The highest BCUT2D eigenvalue weighted by molar-refractivity contribution is 5.92. The molecule has 1 amide bonds. The molecule has 0 heterocycles. The largest absolute Gasteiger partial charge is 0.327 e. The lowest BCUT2D eigenvalue weighted by Crippen LogP contribution is -2.31. The average Bonchev–Trinajstić information content (AvgIpc) is 2.28. The third-order valence-corrected chi connectivity index (χ3v) is 2.70. The van der Waals surface area contributed by atoms with E-state index in [1.54, 1.807) is 0 Å². The molecule has 0 bridgehead atoms. The van der Waals surface area contributed by atoms with Crippen LogP contribution in [0, 0.1) is 22.6 Å². The number of anilines is 1. The number of nitrogens with one attached hydrogen (secondary N) is 1. The van der Waals surface area contributed by atoms with Crippen LogP contribution in [0.1, 0.15) is 39.2 Å². The summed E-state index contributed by atoms with van der Waals surface area (Å²) >= 11 is 0. The molecule has 1 rings (SSSR count). The van der Waals surface area contributed by atoms with E-state index in [2.05, 4.69) is 26.1 Å². The molecule has 108 valence electrons. The van der Waals surface area contributed by atoms with Gasteiger partial charge >= 0.3 is 0 Å². The Labute approximate surface area is 118 Å². The molecule has 20 heavy (non-hydrogen) atoms. The number of hydrogen-bond donors (Lipinski definition) is 2. The highest BCUT2D eigenvalue weighted by Crippen LogP contribution is 2.22. The van der Waals surface area contributed by atoms with E-state index in [-0.39, 0.29) is 29.3 Å². The van der Waals surface area contributed by atoms with Crippen molar-refractivity contribution in [1.29, 1.82) is 5.26 Å². The lowest BCUT2D eigenvalue weighted by Gasteiger charge is -2.22. The maximum atomic E-state index is 13.0. The highest BCUT2D eigenvalue weighted by Gasteiger charge is 2.18. The van der Waals surface area contributed by atoms with Crippen LogP contribution in [0.3, 0.4) is 0 Å². The quantitative estimate of drug-likeness (QED) is 0.888. The number of carbonyl (C=O) groups excluding carboxylic acids is 1. The highest BCUT2D eigenvalue weighted by atomic mass is 19.1. The van der Waals surface area contributed by atoms with Crippen molar-refractivity contribution < 1.29 is 9.18 Å². The van der Waals surface area contributed by atoms with Crippen LogP contribution in [-0.4, -0.2) is 11.9 Å². The van der Waals surface area contributed by atoms with Gasteiger partial charge in [0.2, 0.25) is 5.91 Å². The summed E-state index contributed by atoms with van der Waals surface area (Å²) in [6.45, 7) is 6.16. The molecule has 0 aliphatic rings. The number of nitrogens with two attached hydrogens (primary N) is 1. The molecule has 0 radical (unpaired) electrons. The molecule has 0 spiro atoms. The second-order valence-electron chi connectivity index (χ2n) is 6.08. The van der Waals surface area contributed by atoms with E-state index < -0.39 is 5.82 Å². The normalized spacial score (nSPS) is 12.6. The first kappa shape index (κ1) is 16.1. The molecular formula is C15H20FN3O. The van der Waals surface area contributed by atoms with Gasteiger partial charge in [0.05, 0.1) is 11.3 Å². The zero-order valence-electron chi connectivity index (χ0n) is 12.0. The molecule has 0 fully saturated rings. The molecule has 0 aromatic heterocycles. The summed E-state index contributed by atoms with van der Waals surface area (Å²) in [4.78, 5) is 11.9. The lowest BCUT2D eigenvalue weighted by molar-refractivity contribution is -0.116. The molecule has 1 aromatic carbocycles. The first-order chi connectivity index (χ1) is 9.21. The Hall–Kier alpha value is -1.93. The maximum absolute atomic E-state index is 13.0. The number of carbonyl (C=O) groups is 1. The van der Waals surface area contributed by atoms with E-state index in [0.717, 1.165) is 12.5 Å². The topological polar surface area (TPSA) is 78.9 Å². The van der Waals surface area contributed by atoms with Crippen molar-refractivity contribution in [2.45, 2.75) is 39.7 Å². The summed E-state index contributed by atoms with van der Waals surface area (Å²) in [7, 11) is 0. The predicted molar refractivity (Wildman–Crippen MR) is 76.4 cm³/mol. The summed E-state index contributed by atoms with van der Waals surface area (Å²) in [6, 6.07) is 5.26. The van der Waals surface area contributed by atoms with Gasteiger partial charge in [0.25, 0.3) is 0 Å². The summed E-state index contributed by atoms with van der Waals surface area (Å²) in [5.41, 5.74) is 6.38. The average molecular weight is 277 g/mol. The number of benzene rings is 1. The van der Waals surface area contributed by atoms with Crippen LogP contribution < -0.4 is 11.1 Å². The number of nitriles is 1. The van der Waals surface area contributed by atoms with Gasteiger partial charge in [-0.1, -0.05) is 20.8 Å². The van der Waals surface area contributed by atoms with E-state index in [1.165, 1.54) is 12.1 Å². The standard InChI is InChI=1S/C15H20FN3O/c1-15(2,3)8-12(18)7-14(20)19-13-5-4-11(16)6-10(13)9-17/h4-6,12H,7-8,18H2,1-3H3,(H,19,20). The maximum Gasteiger partial charge on any atom is 0.225 e. The molecular weight excluding hydrogens is 257 g/mol. The minimum absolute atomic E-state index is 0.0490. The van der Waals surface area contributed by atoms with E-state index in [4.69, 9.17) is 11.0 Å². The fourth-order valence-corrected chi connectivity index (χ4v) is 2.02. The van der Waals surface area contributed by atoms with Crippen LogP contribution in [0.15, 0.2) is 18.2 Å². The van der Waals surface area contributed by atoms with Gasteiger partial charge in [0.1, 0.15) is 11.9 Å². The van der Waals surface area contributed by atoms with Crippen LogP contribution in [0.5, 0.6) is 0 Å².